The Morgan fingerprint density at radius 2 is 1.71 bits per heavy atom. The summed E-state index contributed by atoms with van der Waals surface area (Å²) in [6.07, 6.45) is 9.53. The van der Waals surface area contributed by atoms with E-state index in [2.05, 4.69) is 13.8 Å². The number of carbonyl (C=O) groups excluding carboxylic acids is 2. The molecule has 2 nitrogen and oxygen atoms in total. The van der Waals surface area contributed by atoms with Gasteiger partial charge in [0.05, 0.1) is 0 Å². The first kappa shape index (κ1) is 14.0. The zero-order valence-electron chi connectivity index (χ0n) is 13.5. The molecule has 4 saturated carbocycles. The minimum Gasteiger partial charge on any atom is -0.300 e. The first-order chi connectivity index (χ1) is 9.95. The van der Waals surface area contributed by atoms with Crippen LogP contribution in [-0.4, -0.2) is 11.6 Å². The Hall–Kier alpha value is -0.660. The van der Waals surface area contributed by atoms with Crippen molar-refractivity contribution in [2.24, 2.45) is 34.5 Å². The summed E-state index contributed by atoms with van der Waals surface area (Å²) >= 11 is 0. The fraction of sp³-hybridized carbons (Fsp3) is 0.895. The maximum Gasteiger partial charge on any atom is 0.139 e. The van der Waals surface area contributed by atoms with Crippen LogP contribution in [-0.2, 0) is 9.59 Å². The third-order valence-electron chi connectivity index (χ3n) is 8.19. The molecular weight excluding hydrogens is 260 g/mol. The van der Waals surface area contributed by atoms with E-state index in [0.717, 1.165) is 50.4 Å². The van der Waals surface area contributed by atoms with E-state index in [4.69, 9.17) is 0 Å². The summed E-state index contributed by atoms with van der Waals surface area (Å²) < 4.78 is 0. The van der Waals surface area contributed by atoms with Crippen LogP contribution in [0.15, 0.2) is 0 Å². The molecule has 4 rings (SSSR count). The summed E-state index contributed by atoms with van der Waals surface area (Å²) in [4.78, 5) is 24.2. The molecular formula is C19H28O2. The average Bonchev–Trinajstić information content (AvgIpc) is 2.76. The van der Waals surface area contributed by atoms with E-state index in [1.165, 1.54) is 19.3 Å². The van der Waals surface area contributed by atoms with Crippen molar-refractivity contribution in [2.45, 2.75) is 71.6 Å². The maximum absolute atomic E-state index is 12.4. The molecule has 0 radical (unpaired) electrons. The van der Waals surface area contributed by atoms with Gasteiger partial charge in [0.25, 0.3) is 0 Å². The highest BCUT2D eigenvalue weighted by Crippen LogP contribution is 2.65. The Balaban J connectivity index is 1.65. The number of Topliss-reactive ketones (excluding diaryl/α,β-unsaturated/α-hetero) is 2. The van der Waals surface area contributed by atoms with Crippen LogP contribution in [0.5, 0.6) is 0 Å². The quantitative estimate of drug-likeness (QED) is 0.670. The van der Waals surface area contributed by atoms with E-state index in [1.54, 1.807) is 0 Å². The average molecular weight is 288 g/mol. The summed E-state index contributed by atoms with van der Waals surface area (Å²) in [7, 11) is 0. The molecule has 0 aliphatic heterocycles. The molecule has 0 aromatic carbocycles. The summed E-state index contributed by atoms with van der Waals surface area (Å²) in [6, 6.07) is 0. The fourth-order valence-corrected chi connectivity index (χ4v) is 6.82. The van der Waals surface area contributed by atoms with Gasteiger partial charge < -0.3 is 0 Å². The van der Waals surface area contributed by atoms with Gasteiger partial charge in [0.2, 0.25) is 0 Å². The van der Waals surface area contributed by atoms with Crippen molar-refractivity contribution in [3.63, 3.8) is 0 Å². The molecule has 4 aliphatic rings. The zero-order chi connectivity index (χ0) is 14.8. The first-order valence-corrected chi connectivity index (χ1v) is 9.00. The van der Waals surface area contributed by atoms with Gasteiger partial charge in [-0.25, -0.2) is 0 Å². The number of hydrogen-bond acceptors (Lipinski definition) is 2. The lowest BCUT2D eigenvalue weighted by Gasteiger charge is -2.59. The van der Waals surface area contributed by atoms with Gasteiger partial charge in [-0.05, 0) is 67.6 Å². The lowest BCUT2D eigenvalue weighted by Crippen LogP contribution is -2.53. The SMILES string of the molecule is C[C@]12CCC(=O)CC1CCC1C2CC[C@]2(C)C(=O)CCC12. The molecule has 0 saturated heterocycles. The molecule has 4 aliphatic carbocycles. The lowest BCUT2D eigenvalue weighted by molar-refractivity contribution is -0.144. The summed E-state index contributed by atoms with van der Waals surface area (Å²) in [5.41, 5.74) is 0.374. The van der Waals surface area contributed by atoms with Crippen LogP contribution < -0.4 is 0 Å². The van der Waals surface area contributed by atoms with Crippen molar-refractivity contribution in [2.75, 3.05) is 0 Å². The van der Waals surface area contributed by atoms with E-state index >= 15 is 0 Å². The molecule has 4 fully saturated rings. The largest absolute Gasteiger partial charge is 0.300 e. The molecule has 0 spiro atoms. The smallest absolute Gasteiger partial charge is 0.139 e. The van der Waals surface area contributed by atoms with Gasteiger partial charge in [0.1, 0.15) is 11.6 Å². The van der Waals surface area contributed by atoms with Gasteiger partial charge in [0, 0.05) is 24.7 Å². The maximum atomic E-state index is 12.4. The van der Waals surface area contributed by atoms with Gasteiger partial charge >= 0.3 is 0 Å². The molecule has 6 atom stereocenters. The Morgan fingerprint density at radius 1 is 0.905 bits per heavy atom. The standard InChI is InChI=1S/C19H28O2/c1-18-9-7-13(20)11-12(18)3-4-14-15-5-6-17(21)19(15,2)10-8-16(14)18/h12,14-16H,3-11H2,1-2H3/t12?,14?,15?,16?,18-,19-/m0/s1. The second-order valence-electron chi connectivity index (χ2n) is 8.82. The van der Waals surface area contributed by atoms with E-state index < -0.39 is 0 Å². The Morgan fingerprint density at radius 3 is 2.52 bits per heavy atom. The predicted octanol–water partition coefficient (Wildman–Crippen LogP) is 4.17. The van der Waals surface area contributed by atoms with Crippen LogP contribution in [0.25, 0.3) is 0 Å². The van der Waals surface area contributed by atoms with Crippen LogP contribution in [0.4, 0.5) is 0 Å². The molecule has 21 heavy (non-hydrogen) atoms. The zero-order valence-corrected chi connectivity index (χ0v) is 13.5. The highest BCUT2D eigenvalue weighted by Gasteiger charge is 2.60. The minimum atomic E-state index is -0.00511. The van der Waals surface area contributed by atoms with E-state index in [0.29, 0.717) is 28.8 Å². The van der Waals surface area contributed by atoms with Crippen LogP contribution in [0.3, 0.4) is 0 Å². The predicted molar refractivity (Wildman–Crippen MR) is 81.7 cm³/mol. The van der Waals surface area contributed by atoms with Crippen molar-refractivity contribution in [1.82, 2.24) is 0 Å². The number of carbonyl (C=O) groups is 2. The van der Waals surface area contributed by atoms with Gasteiger partial charge in [-0.2, -0.15) is 0 Å². The van der Waals surface area contributed by atoms with Crippen molar-refractivity contribution < 1.29 is 9.59 Å². The van der Waals surface area contributed by atoms with Crippen LogP contribution in [0.2, 0.25) is 0 Å². The van der Waals surface area contributed by atoms with Crippen LogP contribution in [0.1, 0.15) is 71.6 Å². The lowest BCUT2D eigenvalue weighted by atomic mass is 9.45. The van der Waals surface area contributed by atoms with Gasteiger partial charge in [0.15, 0.2) is 0 Å². The van der Waals surface area contributed by atoms with Gasteiger partial charge in [-0.3, -0.25) is 9.59 Å². The molecule has 0 bridgehead atoms. The molecule has 0 aromatic rings. The van der Waals surface area contributed by atoms with E-state index in [1.807, 2.05) is 0 Å². The topological polar surface area (TPSA) is 34.1 Å². The first-order valence-electron chi connectivity index (χ1n) is 9.00. The molecule has 0 heterocycles. The monoisotopic (exact) mass is 288 g/mol. The summed E-state index contributed by atoms with van der Waals surface area (Å²) in [5.74, 6) is 3.82. The summed E-state index contributed by atoms with van der Waals surface area (Å²) in [6.45, 7) is 4.72. The Labute approximate surface area is 128 Å². The van der Waals surface area contributed by atoms with Crippen LogP contribution in [0, 0.1) is 34.5 Å². The van der Waals surface area contributed by atoms with E-state index in [-0.39, 0.29) is 5.41 Å². The molecule has 0 N–H and O–H groups in total. The molecule has 4 unspecified atom stereocenters. The van der Waals surface area contributed by atoms with Crippen molar-refractivity contribution in [3.05, 3.63) is 0 Å². The third kappa shape index (κ3) is 1.77. The molecule has 0 amide bonds. The summed E-state index contributed by atoms with van der Waals surface area (Å²) in [5, 5.41) is 0. The molecule has 0 aromatic heterocycles. The second-order valence-corrected chi connectivity index (χ2v) is 8.82. The van der Waals surface area contributed by atoms with Crippen molar-refractivity contribution >= 4 is 11.6 Å². The number of hydrogen-bond donors (Lipinski definition) is 0. The van der Waals surface area contributed by atoms with Crippen molar-refractivity contribution in [1.29, 1.82) is 0 Å². The number of fused-ring (bicyclic) bond motifs is 5. The highest BCUT2D eigenvalue weighted by molar-refractivity contribution is 5.87. The minimum absolute atomic E-state index is 0.00511. The molecule has 2 heteroatoms. The van der Waals surface area contributed by atoms with E-state index in [9.17, 15) is 9.59 Å². The fourth-order valence-electron chi connectivity index (χ4n) is 6.82. The van der Waals surface area contributed by atoms with Gasteiger partial charge in [-0.15, -0.1) is 0 Å². The second kappa shape index (κ2) is 4.43. The normalized spacial score (nSPS) is 53.0. The van der Waals surface area contributed by atoms with Crippen LogP contribution >= 0.6 is 0 Å². The Bertz CT molecular complexity index is 496. The number of rotatable bonds is 0. The van der Waals surface area contributed by atoms with Crippen molar-refractivity contribution in [3.8, 4) is 0 Å². The Kier molecular flexibility index (Phi) is 2.94. The highest BCUT2D eigenvalue weighted by atomic mass is 16.1. The third-order valence-corrected chi connectivity index (χ3v) is 8.19. The van der Waals surface area contributed by atoms with Gasteiger partial charge in [-0.1, -0.05) is 13.8 Å². The molecule has 116 valence electrons. The number of ketones is 2.